The van der Waals surface area contributed by atoms with Crippen LogP contribution in [0.15, 0.2) is 42.9 Å². The molecule has 7 nitrogen and oxygen atoms in total. The fourth-order valence-electron chi connectivity index (χ4n) is 2.92. The second-order valence-electron chi connectivity index (χ2n) is 5.94. The summed E-state index contributed by atoms with van der Waals surface area (Å²) in [7, 11) is 0. The zero-order valence-electron chi connectivity index (χ0n) is 13.6. The van der Waals surface area contributed by atoms with Gasteiger partial charge in [-0.3, -0.25) is 10.1 Å². The average Bonchev–Trinajstić information content (AvgIpc) is 3.35. The molecule has 1 amide bonds. The number of hydrogen-bond acceptors (Lipinski definition) is 6. The second-order valence-corrected chi connectivity index (χ2v) is 7.00. The van der Waals surface area contributed by atoms with Crippen LogP contribution in [0.3, 0.4) is 0 Å². The summed E-state index contributed by atoms with van der Waals surface area (Å²) in [6, 6.07) is 7.22. The van der Waals surface area contributed by atoms with Gasteiger partial charge < -0.3 is 5.32 Å². The Morgan fingerprint density at radius 2 is 2.04 bits per heavy atom. The van der Waals surface area contributed by atoms with E-state index >= 15 is 0 Å². The van der Waals surface area contributed by atoms with Crippen molar-refractivity contribution in [2.75, 3.05) is 18.4 Å². The Hall–Kier alpha value is -2.58. The number of anilines is 1. The molecule has 4 rings (SSSR count). The van der Waals surface area contributed by atoms with Gasteiger partial charge >= 0.3 is 0 Å². The highest BCUT2D eigenvalue weighted by Crippen LogP contribution is 2.31. The van der Waals surface area contributed by atoms with E-state index in [1.54, 1.807) is 40.5 Å². The van der Waals surface area contributed by atoms with Gasteiger partial charge in [0.15, 0.2) is 5.13 Å². The SMILES string of the molecule is O=C(Nc1ncc(C2CCNCC2)s1)c1ccc(-n2ccnn2)cc1. The molecule has 1 aliphatic rings. The van der Waals surface area contributed by atoms with Gasteiger partial charge in [-0.2, -0.15) is 0 Å². The van der Waals surface area contributed by atoms with E-state index in [4.69, 9.17) is 0 Å². The maximum atomic E-state index is 12.4. The summed E-state index contributed by atoms with van der Waals surface area (Å²) < 4.78 is 1.65. The number of nitrogens with zero attached hydrogens (tertiary/aromatic N) is 4. The molecule has 8 heteroatoms. The van der Waals surface area contributed by atoms with Crippen LogP contribution in [0.25, 0.3) is 5.69 Å². The molecule has 0 spiro atoms. The standard InChI is InChI=1S/C17H18N6OS/c24-16(13-1-3-14(4-2-13)23-10-9-20-22-23)21-17-19-11-15(25-17)12-5-7-18-8-6-12/h1-4,9-12,18H,5-8H2,(H,19,21,24). The van der Waals surface area contributed by atoms with Gasteiger partial charge in [0.2, 0.25) is 0 Å². The minimum absolute atomic E-state index is 0.156. The maximum absolute atomic E-state index is 12.4. The number of benzene rings is 1. The fraction of sp³-hybridized carbons (Fsp3) is 0.294. The van der Waals surface area contributed by atoms with Gasteiger partial charge in [0.25, 0.3) is 5.91 Å². The first-order valence-corrected chi connectivity index (χ1v) is 9.06. The third kappa shape index (κ3) is 3.59. The predicted octanol–water partition coefficient (Wildman–Crippen LogP) is 2.44. The lowest BCUT2D eigenvalue weighted by molar-refractivity contribution is 0.102. The molecular weight excluding hydrogens is 336 g/mol. The summed E-state index contributed by atoms with van der Waals surface area (Å²) in [4.78, 5) is 18.0. The molecule has 0 unspecified atom stereocenters. The number of rotatable bonds is 4. The number of piperidine rings is 1. The van der Waals surface area contributed by atoms with Crippen LogP contribution in [0.2, 0.25) is 0 Å². The zero-order valence-corrected chi connectivity index (χ0v) is 14.4. The van der Waals surface area contributed by atoms with Gasteiger partial charge in [-0.15, -0.1) is 16.4 Å². The van der Waals surface area contributed by atoms with Gasteiger partial charge in [0.1, 0.15) is 0 Å². The number of aromatic nitrogens is 4. The minimum atomic E-state index is -0.156. The average molecular weight is 354 g/mol. The van der Waals surface area contributed by atoms with E-state index in [1.165, 1.54) is 4.88 Å². The van der Waals surface area contributed by atoms with E-state index in [9.17, 15) is 4.79 Å². The van der Waals surface area contributed by atoms with Crippen LogP contribution >= 0.6 is 11.3 Å². The van der Waals surface area contributed by atoms with Crippen molar-refractivity contribution >= 4 is 22.4 Å². The van der Waals surface area contributed by atoms with Crippen LogP contribution in [0.4, 0.5) is 5.13 Å². The van der Waals surface area contributed by atoms with Crippen molar-refractivity contribution in [2.24, 2.45) is 0 Å². The predicted molar refractivity (Wildman–Crippen MR) is 96.3 cm³/mol. The zero-order chi connectivity index (χ0) is 17.1. The summed E-state index contributed by atoms with van der Waals surface area (Å²) >= 11 is 1.57. The number of thiazole rings is 1. The highest BCUT2D eigenvalue weighted by Gasteiger charge is 2.18. The summed E-state index contributed by atoms with van der Waals surface area (Å²) in [5.41, 5.74) is 1.44. The lowest BCUT2D eigenvalue weighted by Gasteiger charge is -2.20. The molecule has 0 saturated carbocycles. The molecule has 1 aliphatic heterocycles. The highest BCUT2D eigenvalue weighted by atomic mass is 32.1. The Bertz CT molecular complexity index is 836. The first-order chi connectivity index (χ1) is 12.3. The molecule has 2 aromatic heterocycles. The van der Waals surface area contributed by atoms with E-state index in [0.717, 1.165) is 31.6 Å². The van der Waals surface area contributed by atoms with E-state index in [2.05, 4.69) is 25.9 Å². The number of carbonyl (C=O) groups excluding carboxylic acids is 1. The highest BCUT2D eigenvalue weighted by molar-refractivity contribution is 7.15. The van der Waals surface area contributed by atoms with Crippen molar-refractivity contribution in [3.63, 3.8) is 0 Å². The molecule has 2 N–H and O–H groups in total. The number of carbonyl (C=O) groups is 1. The molecular formula is C17H18N6OS. The van der Waals surface area contributed by atoms with Crippen LogP contribution in [-0.4, -0.2) is 39.0 Å². The first kappa shape index (κ1) is 15.9. The van der Waals surface area contributed by atoms with Crippen LogP contribution < -0.4 is 10.6 Å². The molecule has 1 fully saturated rings. The van der Waals surface area contributed by atoms with Gasteiger partial charge in [-0.25, -0.2) is 9.67 Å². The number of hydrogen-bond donors (Lipinski definition) is 2. The lowest BCUT2D eigenvalue weighted by atomic mass is 9.97. The van der Waals surface area contributed by atoms with Gasteiger partial charge in [-0.05, 0) is 56.1 Å². The van der Waals surface area contributed by atoms with Gasteiger partial charge in [-0.1, -0.05) is 5.21 Å². The smallest absolute Gasteiger partial charge is 0.257 e. The number of amides is 1. The first-order valence-electron chi connectivity index (χ1n) is 8.24. The second kappa shape index (κ2) is 7.12. The van der Waals surface area contributed by atoms with Crippen LogP contribution in [0, 0.1) is 0 Å². The van der Waals surface area contributed by atoms with Crippen molar-refractivity contribution < 1.29 is 4.79 Å². The largest absolute Gasteiger partial charge is 0.317 e. The molecule has 3 aromatic rings. The van der Waals surface area contributed by atoms with Crippen molar-refractivity contribution in [1.82, 2.24) is 25.3 Å². The maximum Gasteiger partial charge on any atom is 0.257 e. The molecule has 3 heterocycles. The third-order valence-electron chi connectivity index (χ3n) is 4.30. The fourth-order valence-corrected chi connectivity index (χ4v) is 3.90. The Balaban J connectivity index is 1.42. The monoisotopic (exact) mass is 354 g/mol. The van der Waals surface area contributed by atoms with Crippen molar-refractivity contribution in [1.29, 1.82) is 0 Å². The Kier molecular flexibility index (Phi) is 4.53. The molecule has 0 bridgehead atoms. The molecule has 25 heavy (non-hydrogen) atoms. The Morgan fingerprint density at radius 1 is 1.24 bits per heavy atom. The van der Waals surface area contributed by atoms with Crippen LogP contribution in [0.1, 0.15) is 34.0 Å². The van der Waals surface area contributed by atoms with E-state index in [0.29, 0.717) is 16.6 Å². The molecule has 1 saturated heterocycles. The van der Waals surface area contributed by atoms with E-state index in [1.807, 2.05) is 18.3 Å². The van der Waals surface area contributed by atoms with Crippen molar-refractivity contribution in [3.05, 3.63) is 53.3 Å². The topological polar surface area (TPSA) is 84.7 Å². The van der Waals surface area contributed by atoms with Crippen LogP contribution in [0.5, 0.6) is 0 Å². The lowest BCUT2D eigenvalue weighted by Crippen LogP contribution is -2.26. The van der Waals surface area contributed by atoms with Gasteiger partial charge in [0, 0.05) is 16.6 Å². The Labute approximate surface area is 149 Å². The number of nitrogens with one attached hydrogen (secondary N) is 2. The molecule has 0 radical (unpaired) electrons. The van der Waals surface area contributed by atoms with Gasteiger partial charge in [0.05, 0.1) is 18.1 Å². The molecule has 128 valence electrons. The Morgan fingerprint density at radius 3 is 2.76 bits per heavy atom. The summed E-state index contributed by atoms with van der Waals surface area (Å²) in [5, 5.41) is 14.6. The van der Waals surface area contributed by atoms with Crippen LogP contribution in [-0.2, 0) is 0 Å². The third-order valence-corrected chi connectivity index (χ3v) is 5.38. The summed E-state index contributed by atoms with van der Waals surface area (Å²) in [5.74, 6) is 0.391. The van der Waals surface area contributed by atoms with Crippen molar-refractivity contribution in [3.8, 4) is 5.69 Å². The molecule has 0 aliphatic carbocycles. The normalized spacial score (nSPS) is 15.2. The quantitative estimate of drug-likeness (QED) is 0.752. The molecule has 1 aromatic carbocycles. The van der Waals surface area contributed by atoms with E-state index < -0.39 is 0 Å². The van der Waals surface area contributed by atoms with Crippen molar-refractivity contribution in [2.45, 2.75) is 18.8 Å². The summed E-state index contributed by atoms with van der Waals surface area (Å²) in [6.07, 6.45) is 7.51. The molecule has 0 atom stereocenters. The van der Waals surface area contributed by atoms with E-state index in [-0.39, 0.29) is 5.91 Å². The summed E-state index contributed by atoms with van der Waals surface area (Å²) in [6.45, 7) is 2.09. The minimum Gasteiger partial charge on any atom is -0.317 e.